The lowest BCUT2D eigenvalue weighted by atomic mass is 10.2. The van der Waals surface area contributed by atoms with Gasteiger partial charge >= 0.3 is 0 Å². The van der Waals surface area contributed by atoms with Crippen molar-refractivity contribution in [3.8, 4) is 0 Å². The molecular formula is C19H12FIN2O2S. The topological polar surface area (TPSA) is 46.3 Å². The normalized spacial score (nSPS) is 11.0. The summed E-state index contributed by atoms with van der Waals surface area (Å²) in [5.41, 5.74) is 0.840. The predicted molar refractivity (Wildman–Crippen MR) is 108 cm³/mol. The second kappa shape index (κ2) is 7.16. The highest BCUT2D eigenvalue weighted by Crippen LogP contribution is 2.32. The van der Waals surface area contributed by atoms with E-state index >= 15 is 0 Å². The molecule has 1 amide bonds. The van der Waals surface area contributed by atoms with Gasteiger partial charge in [-0.2, -0.15) is 0 Å². The molecule has 0 radical (unpaired) electrons. The number of amides is 1. The third-order valence-corrected chi connectivity index (χ3v) is 5.82. The Labute approximate surface area is 166 Å². The van der Waals surface area contributed by atoms with E-state index in [4.69, 9.17) is 4.42 Å². The summed E-state index contributed by atoms with van der Waals surface area (Å²) in [6, 6.07) is 15.7. The summed E-state index contributed by atoms with van der Waals surface area (Å²) in [6.07, 6.45) is 1.56. The molecule has 0 aliphatic rings. The quantitative estimate of drug-likeness (QED) is 0.365. The molecule has 0 spiro atoms. The Morgan fingerprint density at radius 1 is 1.15 bits per heavy atom. The minimum atomic E-state index is -0.398. The van der Waals surface area contributed by atoms with Crippen molar-refractivity contribution in [2.75, 3.05) is 4.90 Å². The van der Waals surface area contributed by atoms with Crippen molar-refractivity contribution >= 4 is 55.2 Å². The van der Waals surface area contributed by atoms with Gasteiger partial charge in [0.15, 0.2) is 5.13 Å². The molecule has 0 aliphatic heterocycles. The predicted octanol–water partition coefficient (Wildman–Crippen LogP) is 5.48. The van der Waals surface area contributed by atoms with Gasteiger partial charge in [0.05, 0.1) is 23.1 Å². The number of carbonyl (C=O) groups excluding carboxylic acids is 1. The molecule has 4 rings (SSSR count). The maximum Gasteiger partial charge on any atom is 0.261 e. The van der Waals surface area contributed by atoms with Crippen LogP contribution in [0.2, 0.25) is 0 Å². The number of fused-ring (bicyclic) bond motifs is 1. The van der Waals surface area contributed by atoms with Gasteiger partial charge in [-0.3, -0.25) is 9.69 Å². The molecule has 0 aliphatic carbocycles. The second-order valence-electron chi connectivity index (χ2n) is 5.53. The molecule has 2 heterocycles. The van der Waals surface area contributed by atoms with Crippen molar-refractivity contribution in [3.63, 3.8) is 0 Å². The number of carbonyl (C=O) groups is 1. The van der Waals surface area contributed by atoms with Gasteiger partial charge in [-0.05, 0) is 59.0 Å². The van der Waals surface area contributed by atoms with Crippen LogP contribution in [0.25, 0.3) is 10.2 Å². The van der Waals surface area contributed by atoms with Crippen LogP contribution in [-0.2, 0) is 6.54 Å². The molecule has 0 unspecified atom stereocenters. The Kier molecular flexibility index (Phi) is 4.73. The number of para-hydroxylation sites is 1. The van der Waals surface area contributed by atoms with Crippen molar-refractivity contribution in [1.82, 2.24) is 4.98 Å². The summed E-state index contributed by atoms with van der Waals surface area (Å²) in [5, 5.41) is 0.436. The number of hydrogen-bond acceptors (Lipinski definition) is 4. The highest BCUT2D eigenvalue weighted by molar-refractivity contribution is 14.1. The number of anilines is 1. The third kappa shape index (κ3) is 3.24. The summed E-state index contributed by atoms with van der Waals surface area (Å²) in [4.78, 5) is 19.1. The van der Waals surface area contributed by atoms with Gasteiger partial charge in [0.1, 0.15) is 17.1 Å². The number of rotatable bonds is 4. The number of hydrogen-bond donors (Lipinski definition) is 0. The van der Waals surface area contributed by atoms with Crippen LogP contribution in [0.15, 0.2) is 65.3 Å². The zero-order valence-electron chi connectivity index (χ0n) is 13.4. The molecule has 0 atom stereocenters. The molecular weight excluding hydrogens is 466 g/mol. The summed E-state index contributed by atoms with van der Waals surface area (Å²) in [6.45, 7) is 0.220. The van der Waals surface area contributed by atoms with Gasteiger partial charge in [-0.15, -0.1) is 0 Å². The summed E-state index contributed by atoms with van der Waals surface area (Å²) >= 11 is 3.41. The number of halogens is 2. The van der Waals surface area contributed by atoms with Gasteiger partial charge < -0.3 is 4.42 Å². The largest absolute Gasteiger partial charge is 0.467 e. The van der Waals surface area contributed by atoms with Crippen LogP contribution in [0.5, 0.6) is 0 Å². The minimum Gasteiger partial charge on any atom is -0.467 e. The maximum absolute atomic E-state index is 14.0. The van der Waals surface area contributed by atoms with Crippen molar-refractivity contribution in [2.45, 2.75) is 6.54 Å². The number of aromatic nitrogens is 1. The zero-order valence-corrected chi connectivity index (χ0v) is 16.3. The van der Waals surface area contributed by atoms with Gasteiger partial charge in [0.25, 0.3) is 5.91 Å². The standard InChI is InChI=1S/C19H12FIN2O2S/c20-14-7-3-9-16-17(14)22-19(26-16)23(11-12-5-4-10-25-12)18(24)13-6-1-2-8-15(13)21/h1-10H,11H2. The van der Waals surface area contributed by atoms with Gasteiger partial charge in [0, 0.05) is 3.57 Å². The molecule has 0 saturated carbocycles. The number of benzene rings is 2. The fourth-order valence-electron chi connectivity index (χ4n) is 2.58. The number of furan rings is 1. The van der Waals surface area contributed by atoms with Crippen molar-refractivity contribution in [1.29, 1.82) is 0 Å². The van der Waals surface area contributed by atoms with Crippen molar-refractivity contribution in [2.24, 2.45) is 0 Å². The molecule has 2 aromatic heterocycles. The summed E-state index contributed by atoms with van der Waals surface area (Å²) in [7, 11) is 0. The third-order valence-electron chi connectivity index (χ3n) is 3.83. The maximum atomic E-state index is 14.0. The first-order chi connectivity index (χ1) is 12.6. The van der Waals surface area contributed by atoms with Crippen LogP contribution in [0.3, 0.4) is 0 Å². The lowest BCUT2D eigenvalue weighted by Gasteiger charge is -2.19. The Balaban J connectivity index is 1.80. The first kappa shape index (κ1) is 17.2. The van der Waals surface area contributed by atoms with Gasteiger partial charge in [0.2, 0.25) is 0 Å². The van der Waals surface area contributed by atoms with Gasteiger partial charge in [-0.1, -0.05) is 29.5 Å². The Morgan fingerprint density at radius 3 is 2.73 bits per heavy atom. The monoisotopic (exact) mass is 478 g/mol. The smallest absolute Gasteiger partial charge is 0.261 e. The van der Waals surface area contributed by atoms with E-state index in [9.17, 15) is 9.18 Å². The molecule has 4 aromatic rings. The van der Waals surface area contributed by atoms with Crippen LogP contribution in [-0.4, -0.2) is 10.9 Å². The zero-order chi connectivity index (χ0) is 18.1. The highest BCUT2D eigenvalue weighted by Gasteiger charge is 2.24. The minimum absolute atomic E-state index is 0.203. The molecule has 0 bridgehead atoms. The van der Waals surface area contributed by atoms with Crippen molar-refractivity contribution < 1.29 is 13.6 Å². The number of nitrogens with zero attached hydrogens (tertiary/aromatic N) is 2. The van der Waals surface area contributed by atoms with Crippen LogP contribution in [0.1, 0.15) is 16.1 Å². The fraction of sp³-hybridized carbons (Fsp3) is 0.0526. The molecule has 4 nitrogen and oxygen atoms in total. The van der Waals surface area contributed by atoms with Crippen molar-refractivity contribution in [3.05, 3.63) is 81.6 Å². The fourth-order valence-corrected chi connectivity index (χ4v) is 4.18. The van der Waals surface area contributed by atoms with Crippen LogP contribution in [0.4, 0.5) is 9.52 Å². The summed E-state index contributed by atoms with van der Waals surface area (Å²) in [5.74, 6) is 0.0274. The van der Waals surface area contributed by atoms with E-state index in [-0.39, 0.29) is 18.0 Å². The molecule has 7 heteroatoms. The van der Waals surface area contributed by atoms with Gasteiger partial charge in [-0.25, -0.2) is 9.37 Å². The molecule has 0 saturated heterocycles. The summed E-state index contributed by atoms with van der Waals surface area (Å²) < 4.78 is 21.0. The van der Waals surface area contributed by atoms with E-state index in [1.54, 1.807) is 36.6 Å². The van der Waals surface area contributed by atoms with E-state index in [0.717, 1.165) is 3.57 Å². The average Bonchev–Trinajstić information content (AvgIpc) is 3.29. The van der Waals surface area contributed by atoms with Crippen LogP contribution < -0.4 is 4.90 Å². The van der Waals surface area contributed by atoms with E-state index in [1.807, 2.05) is 18.2 Å². The average molecular weight is 478 g/mol. The Bertz CT molecular complexity index is 1080. The Hall–Kier alpha value is -2.26. The molecule has 0 N–H and O–H groups in total. The molecule has 0 fully saturated rings. The molecule has 2 aromatic carbocycles. The van der Waals surface area contributed by atoms with Crippen LogP contribution in [0, 0.1) is 9.39 Å². The van der Waals surface area contributed by atoms with E-state index in [1.165, 1.54) is 22.3 Å². The van der Waals surface area contributed by atoms with E-state index in [2.05, 4.69) is 27.6 Å². The SMILES string of the molecule is O=C(c1ccccc1I)N(Cc1ccco1)c1nc2c(F)cccc2s1. The first-order valence-corrected chi connectivity index (χ1v) is 9.67. The molecule has 26 heavy (non-hydrogen) atoms. The lowest BCUT2D eigenvalue weighted by Crippen LogP contribution is -2.30. The number of thiazole rings is 1. The van der Waals surface area contributed by atoms with E-state index in [0.29, 0.717) is 21.2 Å². The first-order valence-electron chi connectivity index (χ1n) is 7.77. The molecule has 130 valence electrons. The second-order valence-corrected chi connectivity index (χ2v) is 7.70. The lowest BCUT2D eigenvalue weighted by molar-refractivity contribution is 0.0982. The van der Waals surface area contributed by atoms with Crippen LogP contribution >= 0.6 is 33.9 Å². The van der Waals surface area contributed by atoms with E-state index < -0.39 is 5.82 Å². The highest BCUT2D eigenvalue weighted by atomic mass is 127. The Morgan fingerprint density at radius 2 is 2.00 bits per heavy atom.